The largest absolute Gasteiger partial charge is 0.508 e. The van der Waals surface area contributed by atoms with Gasteiger partial charge < -0.3 is 29.4 Å². The molecule has 2 aromatic carbocycles. The number of fused-ring (bicyclic) bond motifs is 6. The van der Waals surface area contributed by atoms with Crippen LogP contribution in [0.1, 0.15) is 77.3 Å². The van der Waals surface area contributed by atoms with Gasteiger partial charge in [-0.2, -0.15) is 4.31 Å². The number of hydrogen-bond donors (Lipinski definition) is 4. The van der Waals surface area contributed by atoms with Crippen LogP contribution in [0, 0.1) is 11.3 Å². The third-order valence-corrected chi connectivity index (χ3v) is 15.0. The Labute approximate surface area is 387 Å². The van der Waals surface area contributed by atoms with E-state index in [1.807, 2.05) is 25.1 Å². The molecule has 2 fully saturated rings. The van der Waals surface area contributed by atoms with Crippen LogP contribution in [0.15, 0.2) is 54.7 Å². The van der Waals surface area contributed by atoms with Crippen molar-refractivity contribution in [3.8, 4) is 28.1 Å². The molecule has 1 unspecified atom stereocenters. The second kappa shape index (κ2) is 19.4. The molecule has 0 spiro atoms. The Balaban J connectivity index is 1.31. The molecule has 0 radical (unpaired) electrons. The van der Waals surface area contributed by atoms with E-state index in [9.17, 15) is 32.7 Å². The van der Waals surface area contributed by atoms with Crippen molar-refractivity contribution in [3.63, 3.8) is 0 Å². The third kappa shape index (κ3) is 10.1. The van der Waals surface area contributed by atoms with E-state index in [2.05, 4.69) is 59.6 Å². The molecule has 4 N–H and O–H groups in total. The Kier molecular flexibility index (Phi) is 14.3. The maximum Gasteiger partial charge on any atom is 0.324 e. The van der Waals surface area contributed by atoms with Crippen LogP contribution in [0.4, 0.5) is 0 Å². The minimum absolute atomic E-state index is 0.0407. The number of carbonyl (C=O) groups excluding carboxylic acids is 4. The van der Waals surface area contributed by atoms with Crippen molar-refractivity contribution < 1.29 is 42.2 Å². The predicted molar refractivity (Wildman–Crippen MR) is 250 cm³/mol. The number of nitrogens with one attached hydrogen (secondary N) is 3. The zero-order valence-corrected chi connectivity index (χ0v) is 40.2. The summed E-state index contributed by atoms with van der Waals surface area (Å²) in [7, 11) is 0.664. The molecule has 3 aliphatic rings. The third-order valence-electron chi connectivity index (χ3n) is 12.9. The first-order valence-electron chi connectivity index (χ1n) is 22.7. The van der Waals surface area contributed by atoms with Gasteiger partial charge in [0.1, 0.15) is 29.2 Å². The number of cyclic esters (lactones) is 1. The molecule has 18 heteroatoms. The van der Waals surface area contributed by atoms with Gasteiger partial charge in [-0.25, -0.2) is 13.8 Å². The van der Waals surface area contributed by atoms with Crippen molar-refractivity contribution >= 4 is 44.6 Å². The lowest BCUT2D eigenvalue weighted by Crippen LogP contribution is -2.62. The normalized spacial score (nSPS) is 21.0. The van der Waals surface area contributed by atoms with Crippen molar-refractivity contribution in [2.24, 2.45) is 11.3 Å². The van der Waals surface area contributed by atoms with Crippen LogP contribution in [-0.4, -0.2) is 132 Å². The Morgan fingerprint density at radius 2 is 1.83 bits per heavy atom. The number of esters is 1. The highest BCUT2D eigenvalue weighted by Gasteiger charge is 2.41. The van der Waals surface area contributed by atoms with Gasteiger partial charge in [-0.1, -0.05) is 39.8 Å². The quantitative estimate of drug-likeness (QED) is 0.117. The molecule has 3 amide bonds. The molecule has 17 nitrogen and oxygen atoms in total. The minimum atomic E-state index is -3.76. The van der Waals surface area contributed by atoms with Crippen molar-refractivity contribution in [2.75, 3.05) is 47.4 Å². The summed E-state index contributed by atoms with van der Waals surface area (Å²) in [4.78, 5) is 62.6. The highest BCUT2D eigenvalue weighted by atomic mass is 32.2. The number of hydrazine groups is 1. The smallest absolute Gasteiger partial charge is 0.324 e. The van der Waals surface area contributed by atoms with Crippen LogP contribution >= 0.6 is 0 Å². The SMILES string of the molecule is CCn1c(-c2cccnc2[C@H](C)OC)c2c3cc(ccc31)-c1cc(O)cc(c1)C[C@H](NC(=O)C(C(C)C)N(C)C(=O)CN(C)S(=O)(=O)[C@@H]1CN1)C(=O)N1CCC[C@H](N1)C(=O)OCC(C)(C)C2. The number of aromatic hydroxyl groups is 1. The molecule has 5 heterocycles. The number of sulfonamides is 1. The number of phenolic OH excluding ortho intramolecular Hbond substituents is 1. The number of carbonyl (C=O) groups is 4. The fourth-order valence-electron chi connectivity index (χ4n) is 9.27. The van der Waals surface area contributed by atoms with Gasteiger partial charge in [-0.3, -0.25) is 34.5 Å². The number of phenols is 1. The summed E-state index contributed by atoms with van der Waals surface area (Å²) in [6, 6.07) is 12.1. The highest BCUT2D eigenvalue weighted by molar-refractivity contribution is 7.90. The van der Waals surface area contributed by atoms with Gasteiger partial charge in [-0.05, 0) is 97.7 Å². The number of aromatic nitrogens is 2. The summed E-state index contributed by atoms with van der Waals surface area (Å²) < 4.78 is 40.7. The van der Waals surface area contributed by atoms with E-state index in [1.165, 1.54) is 24.0 Å². The average molecular weight is 929 g/mol. The fourth-order valence-corrected chi connectivity index (χ4v) is 10.5. The van der Waals surface area contributed by atoms with Gasteiger partial charge in [0.15, 0.2) is 0 Å². The first-order valence-corrected chi connectivity index (χ1v) is 24.2. The average Bonchev–Trinajstić information content (AvgIpc) is 4.11. The number of ether oxygens (including phenoxy) is 2. The molecule has 2 saturated heterocycles. The lowest BCUT2D eigenvalue weighted by Gasteiger charge is -2.37. The summed E-state index contributed by atoms with van der Waals surface area (Å²) in [6.45, 7) is 12.5. The Bertz CT molecular complexity index is 2610. The Morgan fingerprint density at radius 1 is 1.09 bits per heavy atom. The summed E-state index contributed by atoms with van der Waals surface area (Å²) >= 11 is 0. The molecule has 6 bridgehead atoms. The number of aryl methyl sites for hydroxylation is 1. The van der Waals surface area contributed by atoms with Crippen molar-refractivity contribution in [1.82, 2.24) is 39.8 Å². The van der Waals surface area contributed by atoms with Crippen LogP contribution in [-0.2, 0) is 58.1 Å². The molecule has 0 aliphatic carbocycles. The summed E-state index contributed by atoms with van der Waals surface area (Å²) in [5, 5.41) is 18.5. The van der Waals surface area contributed by atoms with Crippen molar-refractivity contribution in [2.45, 2.75) is 103 Å². The Morgan fingerprint density at radius 3 is 2.52 bits per heavy atom. The van der Waals surface area contributed by atoms with E-state index >= 15 is 0 Å². The molecule has 7 rings (SSSR count). The number of pyridine rings is 1. The van der Waals surface area contributed by atoms with E-state index in [-0.39, 0.29) is 31.4 Å². The predicted octanol–water partition coefficient (Wildman–Crippen LogP) is 4.13. The van der Waals surface area contributed by atoms with Gasteiger partial charge in [0, 0.05) is 75.3 Å². The van der Waals surface area contributed by atoms with Crippen LogP contribution in [0.5, 0.6) is 5.75 Å². The number of methoxy groups -OCH3 is 1. The van der Waals surface area contributed by atoms with Crippen molar-refractivity contribution in [1.29, 1.82) is 0 Å². The number of rotatable bonds is 12. The zero-order valence-electron chi connectivity index (χ0n) is 39.4. The van der Waals surface area contributed by atoms with E-state index < -0.39 is 75.1 Å². The molecule has 356 valence electrons. The number of amides is 3. The van der Waals surface area contributed by atoms with Crippen LogP contribution < -0.4 is 16.1 Å². The summed E-state index contributed by atoms with van der Waals surface area (Å²) in [5.41, 5.74) is 9.31. The highest BCUT2D eigenvalue weighted by Crippen LogP contribution is 2.42. The maximum atomic E-state index is 14.7. The fraction of sp³-hybridized carbons (Fsp3) is 0.521. The number of benzene rings is 2. The maximum absolute atomic E-state index is 14.7. The topological polar surface area (TPSA) is 215 Å². The van der Waals surface area contributed by atoms with E-state index in [1.54, 1.807) is 39.3 Å². The minimum Gasteiger partial charge on any atom is -0.508 e. The monoisotopic (exact) mass is 928 g/mol. The van der Waals surface area contributed by atoms with Gasteiger partial charge in [0.05, 0.1) is 30.6 Å². The summed E-state index contributed by atoms with van der Waals surface area (Å²) in [6.07, 6.45) is 2.83. The number of likely N-dealkylation sites (N-methyl/N-ethyl adjacent to an activating group) is 2. The van der Waals surface area contributed by atoms with Gasteiger partial charge >= 0.3 is 5.97 Å². The van der Waals surface area contributed by atoms with Crippen LogP contribution in [0.2, 0.25) is 0 Å². The van der Waals surface area contributed by atoms with E-state index in [4.69, 9.17) is 14.5 Å². The molecule has 5 atom stereocenters. The first-order chi connectivity index (χ1) is 31.2. The lowest BCUT2D eigenvalue weighted by molar-refractivity contribution is -0.155. The second-order valence-electron chi connectivity index (χ2n) is 18.9. The lowest BCUT2D eigenvalue weighted by atomic mass is 9.84. The molecule has 3 aliphatic heterocycles. The van der Waals surface area contributed by atoms with Gasteiger partial charge in [0.25, 0.3) is 5.91 Å². The molecule has 66 heavy (non-hydrogen) atoms. The van der Waals surface area contributed by atoms with Gasteiger partial charge in [0.2, 0.25) is 21.8 Å². The molecule has 2 aromatic heterocycles. The zero-order chi connectivity index (χ0) is 47.8. The second-order valence-corrected chi connectivity index (χ2v) is 21.1. The first kappa shape index (κ1) is 48.5. The van der Waals surface area contributed by atoms with Crippen LogP contribution in [0.25, 0.3) is 33.3 Å². The van der Waals surface area contributed by atoms with Crippen LogP contribution in [0.3, 0.4) is 0 Å². The molecular weight excluding hydrogens is 865 g/mol. The van der Waals surface area contributed by atoms with E-state index in [0.29, 0.717) is 43.5 Å². The molecule has 4 aromatic rings. The van der Waals surface area contributed by atoms with Crippen molar-refractivity contribution in [3.05, 3.63) is 71.5 Å². The van der Waals surface area contributed by atoms with E-state index in [0.717, 1.165) is 43.3 Å². The molecular formula is C48H64N8O9S. The molecule has 0 saturated carbocycles. The number of nitrogens with zero attached hydrogens (tertiary/aromatic N) is 5. The summed E-state index contributed by atoms with van der Waals surface area (Å²) in [5.74, 6) is -2.74. The Hall–Kier alpha value is -5.40. The standard InChI is InChI=1S/C48H64N8O9S/c1-10-55-39-16-15-31-23-35(39)36(44(55)34-13-11-17-49-42(34)29(4)64-9)24-48(5,6)27-65-47(61)37-14-12-18-56(52-37)46(60)38(21-30-19-32(31)22-33(57)20-30)51-45(59)43(28(2)3)54(8)41(58)26-53(7)66(62,63)40-25-50-40/h11,13,15-17,19-20,22-23,28-29,37-38,40,43,50,52,57H,10,12,14,18,21,24-27H2,1-9H3,(H,51,59)/t29-,37-,38-,40+,43?/m0/s1. The van der Waals surface area contributed by atoms with Gasteiger partial charge in [-0.15, -0.1) is 0 Å². The number of hydrogen-bond acceptors (Lipinski definition) is 12.